The van der Waals surface area contributed by atoms with Crippen LogP contribution >= 0.6 is 0 Å². The average Bonchev–Trinajstić information content (AvgIpc) is 2.61. The molecule has 0 atom stereocenters. The van der Waals surface area contributed by atoms with Gasteiger partial charge in [0.25, 0.3) is 0 Å². The van der Waals surface area contributed by atoms with Gasteiger partial charge in [0.2, 0.25) is 0 Å². The van der Waals surface area contributed by atoms with Gasteiger partial charge in [-0.1, -0.05) is 36.4 Å². The third-order valence-corrected chi connectivity index (χ3v) is 3.00. The van der Waals surface area contributed by atoms with Crippen molar-refractivity contribution in [3.05, 3.63) is 71.8 Å². The standard InChI is InChI=1S/C18H15NO5/c19-15(23-17(21)13-7-3-1-4-8-13)11-12-16(20)24-18(22)14-9-5-2-6-10-14/h1-10,19H,11-12H2. The zero-order valence-corrected chi connectivity index (χ0v) is 12.7. The van der Waals surface area contributed by atoms with Crippen molar-refractivity contribution in [2.24, 2.45) is 0 Å². The Morgan fingerprint density at radius 1 is 0.708 bits per heavy atom. The van der Waals surface area contributed by atoms with E-state index >= 15 is 0 Å². The maximum Gasteiger partial charge on any atom is 0.345 e. The van der Waals surface area contributed by atoms with Crippen LogP contribution in [0.15, 0.2) is 60.7 Å². The number of esters is 3. The summed E-state index contributed by atoms with van der Waals surface area (Å²) in [4.78, 5) is 35.0. The van der Waals surface area contributed by atoms with Crippen LogP contribution in [0, 0.1) is 5.41 Å². The Balaban J connectivity index is 1.76. The van der Waals surface area contributed by atoms with Gasteiger partial charge < -0.3 is 9.47 Å². The number of nitrogens with one attached hydrogen (secondary N) is 1. The van der Waals surface area contributed by atoms with E-state index < -0.39 is 17.9 Å². The lowest BCUT2D eigenvalue weighted by Gasteiger charge is -2.06. The predicted octanol–water partition coefficient (Wildman–Crippen LogP) is 2.98. The molecular weight excluding hydrogens is 310 g/mol. The SMILES string of the molecule is N=C(CCC(=O)OC(=O)c1ccccc1)OC(=O)c1ccccc1. The largest absolute Gasteiger partial charge is 0.409 e. The molecule has 24 heavy (non-hydrogen) atoms. The van der Waals surface area contributed by atoms with E-state index in [1.807, 2.05) is 0 Å². The van der Waals surface area contributed by atoms with Gasteiger partial charge in [0.1, 0.15) is 0 Å². The normalized spacial score (nSPS) is 9.83. The Kier molecular flexibility index (Phi) is 5.96. The molecule has 0 bridgehead atoms. The summed E-state index contributed by atoms with van der Waals surface area (Å²) in [6.45, 7) is 0. The molecule has 1 N–H and O–H groups in total. The van der Waals surface area contributed by atoms with Crippen molar-refractivity contribution in [2.75, 3.05) is 0 Å². The maximum absolute atomic E-state index is 11.7. The Hall–Kier alpha value is -3.28. The third kappa shape index (κ3) is 5.17. The molecule has 0 aliphatic rings. The maximum atomic E-state index is 11.7. The zero-order valence-electron chi connectivity index (χ0n) is 12.7. The van der Waals surface area contributed by atoms with Gasteiger partial charge in [-0.2, -0.15) is 0 Å². The van der Waals surface area contributed by atoms with Crippen LogP contribution in [0.4, 0.5) is 0 Å². The van der Waals surface area contributed by atoms with Crippen molar-refractivity contribution in [3.8, 4) is 0 Å². The van der Waals surface area contributed by atoms with Crippen molar-refractivity contribution >= 4 is 23.8 Å². The molecule has 0 unspecified atom stereocenters. The van der Waals surface area contributed by atoms with Gasteiger partial charge in [0.15, 0.2) is 5.90 Å². The van der Waals surface area contributed by atoms with Crippen molar-refractivity contribution in [3.63, 3.8) is 0 Å². The van der Waals surface area contributed by atoms with Crippen LogP contribution in [0.25, 0.3) is 0 Å². The van der Waals surface area contributed by atoms with Gasteiger partial charge in [-0.3, -0.25) is 10.2 Å². The van der Waals surface area contributed by atoms with Crippen LogP contribution in [0.5, 0.6) is 0 Å². The summed E-state index contributed by atoms with van der Waals surface area (Å²) in [5.41, 5.74) is 0.570. The molecule has 0 saturated heterocycles. The van der Waals surface area contributed by atoms with E-state index in [0.29, 0.717) is 5.56 Å². The minimum atomic E-state index is -0.788. The topological polar surface area (TPSA) is 93.5 Å². The second-order valence-electron chi connectivity index (χ2n) is 4.81. The lowest BCUT2D eigenvalue weighted by molar-refractivity contribution is -0.137. The fourth-order valence-electron chi connectivity index (χ4n) is 1.80. The molecule has 122 valence electrons. The first-order chi connectivity index (χ1) is 11.6. The quantitative estimate of drug-likeness (QED) is 0.395. The minimum absolute atomic E-state index is 0.139. The van der Waals surface area contributed by atoms with Crippen LogP contribution in [0.3, 0.4) is 0 Å². The molecule has 6 nitrogen and oxygen atoms in total. The summed E-state index contributed by atoms with van der Waals surface area (Å²) in [7, 11) is 0. The Morgan fingerprint density at radius 3 is 1.67 bits per heavy atom. The predicted molar refractivity (Wildman–Crippen MR) is 85.7 cm³/mol. The van der Waals surface area contributed by atoms with Crippen LogP contribution in [-0.4, -0.2) is 23.8 Å². The van der Waals surface area contributed by atoms with Crippen LogP contribution in [0.2, 0.25) is 0 Å². The molecule has 0 fully saturated rings. The first-order valence-electron chi connectivity index (χ1n) is 7.21. The van der Waals surface area contributed by atoms with Gasteiger partial charge in [0.05, 0.1) is 17.5 Å². The monoisotopic (exact) mass is 325 g/mol. The third-order valence-electron chi connectivity index (χ3n) is 3.00. The number of rotatable bonds is 5. The van der Waals surface area contributed by atoms with Crippen molar-refractivity contribution in [1.29, 1.82) is 5.41 Å². The molecule has 0 heterocycles. The number of carbonyl (C=O) groups excluding carboxylic acids is 3. The summed E-state index contributed by atoms with van der Waals surface area (Å²) in [5.74, 6) is -2.58. The van der Waals surface area contributed by atoms with Gasteiger partial charge in [0, 0.05) is 6.42 Å². The molecule has 0 aliphatic carbocycles. The molecule has 6 heteroatoms. The minimum Gasteiger partial charge on any atom is -0.409 e. The molecule has 2 aromatic carbocycles. The van der Waals surface area contributed by atoms with Crippen LogP contribution < -0.4 is 0 Å². The molecule has 0 aliphatic heterocycles. The van der Waals surface area contributed by atoms with Gasteiger partial charge in [-0.25, -0.2) is 9.59 Å². The number of hydrogen-bond acceptors (Lipinski definition) is 6. The summed E-state index contributed by atoms with van der Waals surface area (Å²) >= 11 is 0. The molecular formula is C18H15NO5. The fourth-order valence-corrected chi connectivity index (χ4v) is 1.80. The highest BCUT2D eigenvalue weighted by Gasteiger charge is 2.15. The number of hydrogen-bond donors (Lipinski definition) is 1. The number of ether oxygens (including phenoxy) is 2. The van der Waals surface area contributed by atoms with E-state index in [9.17, 15) is 14.4 Å². The van der Waals surface area contributed by atoms with E-state index in [2.05, 4.69) is 4.74 Å². The van der Waals surface area contributed by atoms with Crippen molar-refractivity contribution in [2.45, 2.75) is 12.8 Å². The lowest BCUT2D eigenvalue weighted by atomic mass is 10.2. The van der Waals surface area contributed by atoms with E-state index in [1.54, 1.807) is 48.5 Å². The highest BCUT2D eigenvalue weighted by atomic mass is 16.6. The van der Waals surface area contributed by atoms with E-state index in [4.69, 9.17) is 10.1 Å². The molecule has 0 radical (unpaired) electrons. The Labute approximate surface area is 138 Å². The fraction of sp³-hybridized carbons (Fsp3) is 0.111. The lowest BCUT2D eigenvalue weighted by Crippen LogP contribution is -2.16. The Bertz CT molecular complexity index is 675. The van der Waals surface area contributed by atoms with E-state index in [-0.39, 0.29) is 24.3 Å². The van der Waals surface area contributed by atoms with Crippen molar-refractivity contribution < 1.29 is 23.9 Å². The number of carbonyl (C=O) groups is 3. The summed E-state index contributed by atoms with van der Waals surface area (Å²) < 4.78 is 9.49. The van der Waals surface area contributed by atoms with Gasteiger partial charge in [-0.05, 0) is 24.3 Å². The second kappa shape index (κ2) is 8.38. The van der Waals surface area contributed by atoms with Crippen molar-refractivity contribution in [1.82, 2.24) is 0 Å². The summed E-state index contributed by atoms with van der Waals surface area (Å²) in [5, 5.41) is 7.57. The van der Waals surface area contributed by atoms with Crippen LogP contribution in [0.1, 0.15) is 33.6 Å². The van der Waals surface area contributed by atoms with Crippen LogP contribution in [-0.2, 0) is 14.3 Å². The molecule has 0 spiro atoms. The average molecular weight is 325 g/mol. The van der Waals surface area contributed by atoms with E-state index in [0.717, 1.165) is 0 Å². The van der Waals surface area contributed by atoms with Gasteiger partial charge >= 0.3 is 17.9 Å². The Morgan fingerprint density at radius 2 is 1.17 bits per heavy atom. The van der Waals surface area contributed by atoms with E-state index in [1.165, 1.54) is 12.1 Å². The second-order valence-corrected chi connectivity index (χ2v) is 4.81. The summed E-state index contributed by atoms with van der Waals surface area (Å²) in [6.07, 6.45) is -0.376. The first-order valence-corrected chi connectivity index (χ1v) is 7.21. The highest BCUT2D eigenvalue weighted by Crippen LogP contribution is 2.06. The smallest absolute Gasteiger partial charge is 0.345 e. The van der Waals surface area contributed by atoms with Gasteiger partial charge in [-0.15, -0.1) is 0 Å². The zero-order chi connectivity index (χ0) is 17.4. The molecule has 2 aromatic rings. The highest BCUT2D eigenvalue weighted by molar-refractivity contribution is 5.99. The molecule has 0 saturated carbocycles. The summed E-state index contributed by atoms with van der Waals surface area (Å²) in [6, 6.07) is 16.3. The first kappa shape index (κ1) is 17.1. The molecule has 0 aromatic heterocycles. The number of benzene rings is 2. The molecule has 0 amide bonds. The molecule has 2 rings (SSSR count).